The summed E-state index contributed by atoms with van der Waals surface area (Å²) in [5.41, 5.74) is 3.15. The van der Waals surface area contributed by atoms with Crippen LogP contribution in [0, 0.1) is 11.3 Å². The van der Waals surface area contributed by atoms with Gasteiger partial charge < -0.3 is 9.30 Å². The number of hydrogen-bond donors (Lipinski definition) is 0. The van der Waals surface area contributed by atoms with Crippen molar-refractivity contribution in [1.29, 1.82) is 5.26 Å². The normalized spacial score (nSPS) is 16.4. The molecule has 0 amide bonds. The summed E-state index contributed by atoms with van der Waals surface area (Å²) < 4.78 is 7.99. The predicted molar refractivity (Wildman–Crippen MR) is 81.3 cm³/mol. The molecule has 0 bridgehead atoms. The van der Waals surface area contributed by atoms with Crippen molar-refractivity contribution in [3.63, 3.8) is 0 Å². The summed E-state index contributed by atoms with van der Waals surface area (Å²) >= 11 is 0. The van der Waals surface area contributed by atoms with E-state index in [4.69, 9.17) is 10.00 Å². The van der Waals surface area contributed by atoms with Gasteiger partial charge >= 0.3 is 0 Å². The molecule has 0 radical (unpaired) electrons. The molecule has 3 heteroatoms. The molecular weight excluding hydrogens is 260 g/mol. The molecule has 2 heterocycles. The maximum Gasteiger partial charge on any atom is 0.122 e. The average molecular weight is 274 g/mol. The molecule has 0 saturated carbocycles. The Hall–Kier alpha value is -2.73. The first-order valence-corrected chi connectivity index (χ1v) is 7.06. The Labute approximate surface area is 123 Å². The van der Waals surface area contributed by atoms with Crippen molar-refractivity contribution in [2.24, 2.45) is 0 Å². The zero-order chi connectivity index (χ0) is 14.2. The number of nitrogens with zero attached hydrogens (tertiary/aromatic N) is 2. The number of aromatic nitrogens is 1. The van der Waals surface area contributed by atoms with E-state index in [1.165, 1.54) is 11.1 Å². The molecule has 1 aliphatic rings. The average Bonchev–Trinajstić information content (AvgIpc) is 3.12. The molecule has 0 fully saturated rings. The number of para-hydroxylation sites is 1. The Morgan fingerprint density at radius 3 is 3.00 bits per heavy atom. The van der Waals surface area contributed by atoms with E-state index in [2.05, 4.69) is 35.0 Å². The van der Waals surface area contributed by atoms with Gasteiger partial charge in [-0.25, -0.2) is 0 Å². The largest absolute Gasteiger partial charge is 0.493 e. The van der Waals surface area contributed by atoms with Crippen molar-refractivity contribution in [2.75, 3.05) is 6.61 Å². The number of benzene rings is 2. The van der Waals surface area contributed by atoms with Crippen LogP contribution in [0.5, 0.6) is 5.75 Å². The maximum atomic E-state index is 8.97. The summed E-state index contributed by atoms with van der Waals surface area (Å²) in [6.07, 6.45) is 2.09. The van der Waals surface area contributed by atoms with Crippen molar-refractivity contribution in [3.8, 4) is 11.8 Å². The minimum absolute atomic E-state index is 0.382. The molecule has 4 rings (SSSR count). The second-order valence-corrected chi connectivity index (χ2v) is 5.40. The summed E-state index contributed by atoms with van der Waals surface area (Å²) in [4.78, 5) is 0. The summed E-state index contributed by atoms with van der Waals surface area (Å²) in [5, 5.41) is 10.1. The minimum Gasteiger partial charge on any atom is -0.493 e. The van der Waals surface area contributed by atoms with E-state index < -0.39 is 0 Å². The minimum atomic E-state index is 0.382. The molecule has 1 aliphatic heterocycles. The highest BCUT2D eigenvalue weighted by Gasteiger charge is 2.24. The van der Waals surface area contributed by atoms with Gasteiger partial charge in [-0.3, -0.25) is 0 Å². The van der Waals surface area contributed by atoms with Gasteiger partial charge in [0.25, 0.3) is 0 Å². The Balaban J connectivity index is 1.68. The lowest BCUT2D eigenvalue weighted by molar-refractivity contribution is 0.320. The standard InChI is InChI=1S/C18H14N2O/c19-10-13-5-6-17-14(9-13)7-8-20(17)11-15-12-21-18-4-2-1-3-16(15)18/h1-9,15H,11-12H2. The van der Waals surface area contributed by atoms with Crippen LogP contribution in [0.2, 0.25) is 0 Å². The second kappa shape index (κ2) is 4.68. The smallest absolute Gasteiger partial charge is 0.122 e. The van der Waals surface area contributed by atoms with Crippen LogP contribution in [0.25, 0.3) is 10.9 Å². The van der Waals surface area contributed by atoms with Crippen LogP contribution in [-0.4, -0.2) is 11.2 Å². The van der Waals surface area contributed by atoms with Gasteiger partial charge in [0.1, 0.15) is 5.75 Å². The molecule has 0 aliphatic carbocycles. The molecule has 0 N–H and O–H groups in total. The highest BCUT2D eigenvalue weighted by atomic mass is 16.5. The molecule has 0 saturated heterocycles. The molecule has 102 valence electrons. The Morgan fingerprint density at radius 1 is 1.19 bits per heavy atom. The molecule has 0 spiro atoms. The molecular formula is C18H14N2O. The van der Waals surface area contributed by atoms with Crippen molar-refractivity contribution < 1.29 is 4.74 Å². The van der Waals surface area contributed by atoms with Crippen LogP contribution in [0.1, 0.15) is 17.0 Å². The molecule has 3 nitrogen and oxygen atoms in total. The van der Waals surface area contributed by atoms with E-state index in [1.807, 2.05) is 30.3 Å². The first-order valence-electron chi connectivity index (χ1n) is 7.06. The molecule has 21 heavy (non-hydrogen) atoms. The SMILES string of the molecule is N#Cc1ccc2c(ccn2CC2COc3ccccc32)c1. The van der Waals surface area contributed by atoms with Gasteiger partial charge in [-0.05, 0) is 30.3 Å². The number of hydrogen-bond acceptors (Lipinski definition) is 2. The topological polar surface area (TPSA) is 38.0 Å². The fourth-order valence-corrected chi connectivity index (χ4v) is 3.05. The second-order valence-electron chi connectivity index (χ2n) is 5.40. The van der Waals surface area contributed by atoms with Crippen molar-refractivity contribution in [3.05, 3.63) is 65.9 Å². The van der Waals surface area contributed by atoms with Gasteiger partial charge in [-0.1, -0.05) is 18.2 Å². The monoisotopic (exact) mass is 274 g/mol. The van der Waals surface area contributed by atoms with Gasteiger partial charge in [0, 0.05) is 35.1 Å². The quantitative estimate of drug-likeness (QED) is 0.714. The van der Waals surface area contributed by atoms with E-state index in [9.17, 15) is 0 Å². The highest BCUT2D eigenvalue weighted by molar-refractivity contribution is 5.81. The van der Waals surface area contributed by atoms with E-state index in [1.54, 1.807) is 0 Å². The van der Waals surface area contributed by atoms with Gasteiger partial charge in [0.05, 0.1) is 18.2 Å². The van der Waals surface area contributed by atoms with Gasteiger partial charge in [0.2, 0.25) is 0 Å². The fourth-order valence-electron chi connectivity index (χ4n) is 3.05. The van der Waals surface area contributed by atoms with Gasteiger partial charge in [-0.2, -0.15) is 5.26 Å². The highest BCUT2D eigenvalue weighted by Crippen LogP contribution is 2.35. The maximum absolute atomic E-state index is 8.97. The van der Waals surface area contributed by atoms with Crippen LogP contribution >= 0.6 is 0 Å². The molecule has 3 aromatic rings. The van der Waals surface area contributed by atoms with Gasteiger partial charge in [-0.15, -0.1) is 0 Å². The van der Waals surface area contributed by atoms with E-state index in [0.29, 0.717) is 11.5 Å². The predicted octanol–water partition coefficient (Wildman–Crippen LogP) is 3.69. The Morgan fingerprint density at radius 2 is 2.10 bits per heavy atom. The lowest BCUT2D eigenvalue weighted by atomic mass is 10.0. The molecule has 2 aromatic carbocycles. The lowest BCUT2D eigenvalue weighted by Gasteiger charge is -2.11. The van der Waals surface area contributed by atoms with Crippen molar-refractivity contribution >= 4 is 10.9 Å². The van der Waals surface area contributed by atoms with E-state index in [0.717, 1.165) is 24.3 Å². The first-order chi connectivity index (χ1) is 10.3. The third kappa shape index (κ3) is 1.96. The Bertz CT molecular complexity index is 857. The third-order valence-electron chi connectivity index (χ3n) is 4.12. The number of fused-ring (bicyclic) bond motifs is 2. The number of nitriles is 1. The molecule has 1 unspecified atom stereocenters. The van der Waals surface area contributed by atoms with Crippen LogP contribution in [-0.2, 0) is 6.54 Å². The number of ether oxygens (including phenoxy) is 1. The molecule has 1 aromatic heterocycles. The van der Waals surface area contributed by atoms with Crippen molar-refractivity contribution in [1.82, 2.24) is 4.57 Å². The summed E-state index contributed by atoms with van der Waals surface area (Å²) in [6, 6.07) is 18.3. The number of rotatable bonds is 2. The van der Waals surface area contributed by atoms with Crippen molar-refractivity contribution in [2.45, 2.75) is 12.5 Å². The summed E-state index contributed by atoms with van der Waals surface area (Å²) in [6.45, 7) is 1.63. The lowest BCUT2D eigenvalue weighted by Crippen LogP contribution is -2.09. The van der Waals surface area contributed by atoms with Crippen LogP contribution in [0.3, 0.4) is 0 Å². The zero-order valence-electron chi connectivity index (χ0n) is 11.5. The van der Waals surface area contributed by atoms with Gasteiger partial charge in [0.15, 0.2) is 0 Å². The van der Waals surface area contributed by atoms with E-state index in [-0.39, 0.29) is 0 Å². The van der Waals surface area contributed by atoms with Crippen LogP contribution in [0.4, 0.5) is 0 Å². The third-order valence-corrected chi connectivity index (χ3v) is 4.12. The Kier molecular flexibility index (Phi) is 2.68. The van der Waals surface area contributed by atoms with Crippen LogP contribution < -0.4 is 4.74 Å². The summed E-state index contributed by atoms with van der Waals surface area (Å²) in [5.74, 6) is 1.39. The fraction of sp³-hybridized carbons (Fsp3) is 0.167. The van der Waals surface area contributed by atoms with E-state index >= 15 is 0 Å². The molecule has 1 atom stereocenters. The van der Waals surface area contributed by atoms with Crippen LogP contribution in [0.15, 0.2) is 54.7 Å². The zero-order valence-corrected chi connectivity index (χ0v) is 11.5. The summed E-state index contributed by atoms with van der Waals surface area (Å²) in [7, 11) is 0. The first kappa shape index (κ1) is 12.0.